The SMILES string of the molecule is NCc1cccnc1COC1CCCCCC1. The van der Waals surface area contributed by atoms with Crippen molar-refractivity contribution in [3.63, 3.8) is 0 Å². The minimum atomic E-state index is 0.421. The number of nitrogens with two attached hydrogens (primary N) is 1. The van der Waals surface area contributed by atoms with Gasteiger partial charge in [-0.2, -0.15) is 0 Å². The Hall–Kier alpha value is -0.930. The Balaban J connectivity index is 1.87. The van der Waals surface area contributed by atoms with Gasteiger partial charge in [0.05, 0.1) is 18.4 Å². The van der Waals surface area contributed by atoms with E-state index in [1.165, 1.54) is 38.5 Å². The van der Waals surface area contributed by atoms with Crippen LogP contribution in [0.2, 0.25) is 0 Å². The molecular formula is C14H22N2O. The summed E-state index contributed by atoms with van der Waals surface area (Å²) in [5.74, 6) is 0. The molecule has 1 aromatic heterocycles. The molecule has 3 heteroatoms. The molecule has 0 aliphatic heterocycles. The summed E-state index contributed by atoms with van der Waals surface area (Å²) in [6.45, 7) is 1.15. The van der Waals surface area contributed by atoms with Gasteiger partial charge in [-0.3, -0.25) is 4.98 Å². The molecule has 3 nitrogen and oxygen atoms in total. The van der Waals surface area contributed by atoms with Crippen LogP contribution in [0.15, 0.2) is 18.3 Å². The average molecular weight is 234 g/mol. The van der Waals surface area contributed by atoms with Crippen molar-refractivity contribution < 1.29 is 4.74 Å². The van der Waals surface area contributed by atoms with Crippen LogP contribution >= 0.6 is 0 Å². The molecule has 17 heavy (non-hydrogen) atoms. The van der Waals surface area contributed by atoms with Gasteiger partial charge >= 0.3 is 0 Å². The minimum Gasteiger partial charge on any atom is -0.372 e. The lowest BCUT2D eigenvalue weighted by molar-refractivity contribution is 0.0288. The molecule has 0 radical (unpaired) electrons. The molecule has 0 aromatic carbocycles. The van der Waals surface area contributed by atoms with Crippen molar-refractivity contribution in [1.82, 2.24) is 4.98 Å². The smallest absolute Gasteiger partial charge is 0.0894 e. The summed E-state index contributed by atoms with van der Waals surface area (Å²) >= 11 is 0. The standard InChI is InChI=1S/C14H22N2O/c15-10-12-6-5-9-16-14(12)11-17-13-7-3-1-2-4-8-13/h5-6,9,13H,1-4,7-8,10-11,15H2. The Kier molecular flexibility index (Phi) is 4.95. The number of nitrogens with zero attached hydrogens (tertiary/aromatic N) is 1. The van der Waals surface area contributed by atoms with Crippen LogP contribution in [0.25, 0.3) is 0 Å². The second kappa shape index (κ2) is 6.72. The Bertz CT molecular complexity index is 333. The number of ether oxygens (including phenoxy) is 1. The van der Waals surface area contributed by atoms with Crippen LogP contribution in [0.1, 0.15) is 49.8 Å². The highest BCUT2D eigenvalue weighted by molar-refractivity contribution is 5.18. The van der Waals surface area contributed by atoms with E-state index < -0.39 is 0 Å². The third kappa shape index (κ3) is 3.79. The quantitative estimate of drug-likeness (QED) is 0.815. The van der Waals surface area contributed by atoms with E-state index in [9.17, 15) is 0 Å². The van der Waals surface area contributed by atoms with Crippen LogP contribution in [-0.2, 0) is 17.9 Å². The van der Waals surface area contributed by atoms with Gasteiger partial charge in [0.25, 0.3) is 0 Å². The van der Waals surface area contributed by atoms with E-state index in [-0.39, 0.29) is 0 Å². The second-order valence-electron chi connectivity index (χ2n) is 4.74. The molecule has 1 aliphatic carbocycles. The number of hydrogen-bond donors (Lipinski definition) is 1. The van der Waals surface area contributed by atoms with Crippen LogP contribution in [0.4, 0.5) is 0 Å². The largest absolute Gasteiger partial charge is 0.372 e. The Morgan fingerprint density at radius 3 is 2.71 bits per heavy atom. The summed E-state index contributed by atoms with van der Waals surface area (Å²) < 4.78 is 5.97. The lowest BCUT2D eigenvalue weighted by atomic mass is 10.1. The lowest BCUT2D eigenvalue weighted by Crippen LogP contribution is -2.13. The molecule has 0 unspecified atom stereocenters. The number of hydrogen-bond acceptors (Lipinski definition) is 3. The summed E-state index contributed by atoms with van der Waals surface area (Å²) in [4.78, 5) is 4.35. The van der Waals surface area contributed by atoms with E-state index in [4.69, 9.17) is 10.5 Å². The molecule has 2 N–H and O–H groups in total. The zero-order chi connectivity index (χ0) is 11.9. The summed E-state index contributed by atoms with van der Waals surface area (Å²) in [7, 11) is 0. The first-order valence-electron chi connectivity index (χ1n) is 6.64. The summed E-state index contributed by atoms with van der Waals surface area (Å²) in [6, 6.07) is 3.95. The van der Waals surface area contributed by atoms with Gasteiger partial charge in [-0.05, 0) is 24.5 Å². The fourth-order valence-corrected chi connectivity index (χ4v) is 2.39. The van der Waals surface area contributed by atoms with Gasteiger partial charge in [0.1, 0.15) is 0 Å². The van der Waals surface area contributed by atoms with Crippen molar-refractivity contribution >= 4 is 0 Å². The summed E-state index contributed by atoms with van der Waals surface area (Å²) in [5, 5.41) is 0. The average Bonchev–Trinajstić information content (AvgIpc) is 2.65. The molecule has 0 amide bonds. The number of pyridine rings is 1. The molecule has 0 spiro atoms. The summed E-state index contributed by atoms with van der Waals surface area (Å²) in [5.41, 5.74) is 7.79. The van der Waals surface area contributed by atoms with Gasteiger partial charge < -0.3 is 10.5 Å². The van der Waals surface area contributed by atoms with E-state index in [2.05, 4.69) is 4.98 Å². The molecule has 1 aliphatic rings. The minimum absolute atomic E-state index is 0.421. The summed E-state index contributed by atoms with van der Waals surface area (Å²) in [6.07, 6.45) is 9.95. The fraction of sp³-hybridized carbons (Fsp3) is 0.643. The zero-order valence-electron chi connectivity index (χ0n) is 10.4. The maximum absolute atomic E-state index is 5.97. The highest BCUT2D eigenvalue weighted by atomic mass is 16.5. The van der Waals surface area contributed by atoms with Gasteiger partial charge in [-0.25, -0.2) is 0 Å². The molecule has 2 rings (SSSR count). The van der Waals surface area contributed by atoms with Gasteiger partial charge in [-0.15, -0.1) is 0 Å². The fourth-order valence-electron chi connectivity index (χ4n) is 2.39. The van der Waals surface area contributed by atoms with E-state index >= 15 is 0 Å². The predicted molar refractivity (Wildman–Crippen MR) is 68.4 cm³/mol. The van der Waals surface area contributed by atoms with Crippen LogP contribution in [-0.4, -0.2) is 11.1 Å². The third-order valence-electron chi connectivity index (χ3n) is 3.46. The number of aromatic nitrogens is 1. The Morgan fingerprint density at radius 2 is 2.00 bits per heavy atom. The molecule has 1 fully saturated rings. The van der Waals surface area contributed by atoms with Crippen molar-refractivity contribution in [3.8, 4) is 0 Å². The van der Waals surface area contributed by atoms with E-state index in [1.807, 2.05) is 18.3 Å². The van der Waals surface area contributed by atoms with Crippen molar-refractivity contribution in [2.75, 3.05) is 0 Å². The monoisotopic (exact) mass is 234 g/mol. The molecule has 1 aromatic rings. The normalized spacial score (nSPS) is 17.9. The first-order valence-corrected chi connectivity index (χ1v) is 6.64. The molecule has 94 valence electrons. The molecular weight excluding hydrogens is 212 g/mol. The first-order chi connectivity index (χ1) is 8.40. The van der Waals surface area contributed by atoms with Crippen LogP contribution < -0.4 is 5.73 Å². The topological polar surface area (TPSA) is 48.1 Å². The van der Waals surface area contributed by atoms with Crippen molar-refractivity contribution in [3.05, 3.63) is 29.6 Å². The second-order valence-corrected chi connectivity index (χ2v) is 4.74. The Labute approximate surface area is 103 Å². The zero-order valence-corrected chi connectivity index (χ0v) is 10.4. The highest BCUT2D eigenvalue weighted by Gasteiger charge is 2.13. The third-order valence-corrected chi connectivity index (χ3v) is 3.46. The van der Waals surface area contributed by atoms with Crippen molar-refractivity contribution in [2.45, 2.75) is 57.8 Å². The van der Waals surface area contributed by atoms with E-state index in [1.54, 1.807) is 0 Å². The first kappa shape index (κ1) is 12.5. The van der Waals surface area contributed by atoms with E-state index in [0.29, 0.717) is 19.3 Å². The molecule has 0 bridgehead atoms. The van der Waals surface area contributed by atoms with Gasteiger partial charge in [0.15, 0.2) is 0 Å². The van der Waals surface area contributed by atoms with Gasteiger partial charge in [-0.1, -0.05) is 31.7 Å². The Morgan fingerprint density at radius 1 is 1.24 bits per heavy atom. The van der Waals surface area contributed by atoms with Crippen LogP contribution in [0.3, 0.4) is 0 Å². The number of rotatable bonds is 4. The van der Waals surface area contributed by atoms with Crippen LogP contribution in [0, 0.1) is 0 Å². The maximum atomic E-state index is 5.97. The maximum Gasteiger partial charge on any atom is 0.0894 e. The van der Waals surface area contributed by atoms with E-state index in [0.717, 1.165) is 11.3 Å². The van der Waals surface area contributed by atoms with Gasteiger partial charge in [0.2, 0.25) is 0 Å². The van der Waals surface area contributed by atoms with Crippen LogP contribution in [0.5, 0.6) is 0 Å². The highest BCUT2D eigenvalue weighted by Crippen LogP contribution is 2.21. The molecule has 1 saturated carbocycles. The molecule has 0 saturated heterocycles. The van der Waals surface area contributed by atoms with Gasteiger partial charge in [0, 0.05) is 12.7 Å². The lowest BCUT2D eigenvalue weighted by Gasteiger charge is -2.16. The molecule has 0 atom stereocenters. The van der Waals surface area contributed by atoms with Crippen molar-refractivity contribution in [2.24, 2.45) is 5.73 Å². The predicted octanol–water partition coefficient (Wildman–Crippen LogP) is 2.78. The molecule has 1 heterocycles. The van der Waals surface area contributed by atoms with Crippen molar-refractivity contribution in [1.29, 1.82) is 0 Å².